The Balaban J connectivity index is 2.03. The van der Waals surface area contributed by atoms with Crippen molar-refractivity contribution in [3.05, 3.63) is 41.0 Å². The van der Waals surface area contributed by atoms with Gasteiger partial charge in [-0.25, -0.2) is 0 Å². The van der Waals surface area contributed by atoms with Crippen LogP contribution >= 0.6 is 0 Å². The van der Waals surface area contributed by atoms with Crippen molar-refractivity contribution in [2.75, 3.05) is 12.4 Å². The maximum atomic E-state index is 12.0. The monoisotopic (exact) mass is 260 g/mol. The van der Waals surface area contributed by atoms with Gasteiger partial charge in [0.05, 0.1) is 6.54 Å². The van der Waals surface area contributed by atoms with Crippen molar-refractivity contribution in [1.29, 1.82) is 0 Å². The first-order valence-corrected chi connectivity index (χ1v) is 5.96. The van der Waals surface area contributed by atoms with Crippen LogP contribution < -0.4 is 10.6 Å². The van der Waals surface area contributed by atoms with Gasteiger partial charge in [-0.15, -0.1) is 0 Å². The molecule has 2 rings (SSSR count). The molecule has 0 aliphatic rings. The fraction of sp³-hybridized carbons (Fsp3) is 0.308. The van der Waals surface area contributed by atoms with E-state index in [1.807, 2.05) is 26.1 Å². The maximum absolute atomic E-state index is 12.0. The first kappa shape index (κ1) is 13.1. The summed E-state index contributed by atoms with van der Waals surface area (Å²) >= 11 is 0. The zero-order valence-electron chi connectivity index (χ0n) is 11.2. The van der Waals surface area contributed by atoms with Crippen molar-refractivity contribution in [3.8, 4) is 0 Å². The van der Waals surface area contributed by atoms with E-state index in [2.05, 4.69) is 20.8 Å². The first-order chi connectivity index (χ1) is 9.10. The van der Waals surface area contributed by atoms with Gasteiger partial charge in [0.15, 0.2) is 5.82 Å². The van der Waals surface area contributed by atoms with Gasteiger partial charge in [0.25, 0.3) is 5.91 Å². The molecule has 19 heavy (non-hydrogen) atoms. The van der Waals surface area contributed by atoms with E-state index in [9.17, 15) is 4.79 Å². The third-order valence-electron chi connectivity index (χ3n) is 2.73. The molecule has 2 aromatic rings. The minimum atomic E-state index is -0.156. The Bertz CT molecular complexity index is 592. The Morgan fingerprint density at radius 1 is 1.37 bits per heavy atom. The summed E-state index contributed by atoms with van der Waals surface area (Å²) in [4.78, 5) is 16.0. The number of carbonyl (C=O) groups excluding carboxylic acids is 1. The molecule has 0 saturated carbocycles. The lowest BCUT2D eigenvalue weighted by molar-refractivity contribution is 0.0945. The molecule has 0 spiro atoms. The number of hydrogen-bond donors (Lipinski definition) is 2. The Morgan fingerprint density at radius 3 is 2.74 bits per heavy atom. The third kappa shape index (κ3) is 3.09. The highest BCUT2D eigenvalue weighted by atomic mass is 16.5. The zero-order valence-corrected chi connectivity index (χ0v) is 11.2. The summed E-state index contributed by atoms with van der Waals surface area (Å²) in [5.41, 5.74) is 2.52. The second kappa shape index (κ2) is 5.51. The molecule has 0 unspecified atom stereocenters. The fourth-order valence-corrected chi connectivity index (χ4v) is 1.74. The molecule has 6 nitrogen and oxygen atoms in total. The molecule has 6 heteroatoms. The summed E-state index contributed by atoms with van der Waals surface area (Å²) in [7, 11) is 1.84. The van der Waals surface area contributed by atoms with E-state index in [0.29, 0.717) is 17.3 Å². The highest BCUT2D eigenvalue weighted by Crippen LogP contribution is 2.14. The van der Waals surface area contributed by atoms with E-state index in [-0.39, 0.29) is 12.5 Å². The number of carbonyl (C=O) groups is 1. The smallest absolute Gasteiger partial charge is 0.251 e. The summed E-state index contributed by atoms with van der Waals surface area (Å²) in [5.74, 6) is 0.796. The number of nitrogens with zero attached hydrogens (tertiary/aromatic N) is 2. The third-order valence-corrected chi connectivity index (χ3v) is 2.73. The highest BCUT2D eigenvalue weighted by Gasteiger charge is 2.10. The molecule has 0 radical (unpaired) electrons. The minimum Gasteiger partial charge on any atom is -0.388 e. The normalized spacial score (nSPS) is 10.3. The van der Waals surface area contributed by atoms with Gasteiger partial charge in [-0.05, 0) is 37.6 Å². The Kier molecular flexibility index (Phi) is 3.79. The van der Waals surface area contributed by atoms with Crippen LogP contribution in [0.5, 0.6) is 0 Å². The van der Waals surface area contributed by atoms with Crippen molar-refractivity contribution >= 4 is 11.6 Å². The molecule has 0 aliphatic carbocycles. The van der Waals surface area contributed by atoms with Gasteiger partial charge in [-0.3, -0.25) is 4.79 Å². The fourth-order valence-electron chi connectivity index (χ4n) is 1.74. The second-order valence-corrected chi connectivity index (χ2v) is 4.20. The predicted octanol–water partition coefficient (Wildman–Crippen LogP) is 1.66. The molecule has 0 bridgehead atoms. The van der Waals surface area contributed by atoms with Gasteiger partial charge in [0, 0.05) is 18.3 Å². The number of aromatic nitrogens is 2. The van der Waals surface area contributed by atoms with E-state index in [1.54, 1.807) is 13.0 Å². The van der Waals surface area contributed by atoms with Crippen molar-refractivity contribution in [3.63, 3.8) is 0 Å². The molecule has 0 aliphatic heterocycles. The van der Waals surface area contributed by atoms with Crippen LogP contribution in [0.2, 0.25) is 0 Å². The van der Waals surface area contributed by atoms with Gasteiger partial charge in [0.1, 0.15) is 0 Å². The Labute approximate surface area is 111 Å². The number of benzene rings is 1. The maximum Gasteiger partial charge on any atom is 0.251 e. The van der Waals surface area contributed by atoms with Crippen molar-refractivity contribution < 1.29 is 9.32 Å². The average molecular weight is 260 g/mol. The van der Waals surface area contributed by atoms with Crippen molar-refractivity contribution in [1.82, 2.24) is 15.5 Å². The lowest BCUT2D eigenvalue weighted by atomic mass is 10.1. The van der Waals surface area contributed by atoms with Crippen molar-refractivity contribution in [2.45, 2.75) is 20.4 Å². The molecule has 1 heterocycles. The molecular formula is C13H16N4O2. The van der Waals surface area contributed by atoms with Crippen LogP contribution in [-0.2, 0) is 6.54 Å². The zero-order chi connectivity index (χ0) is 13.8. The molecule has 100 valence electrons. The van der Waals surface area contributed by atoms with Crippen LogP contribution in [-0.4, -0.2) is 23.1 Å². The second-order valence-electron chi connectivity index (χ2n) is 4.20. The van der Waals surface area contributed by atoms with Gasteiger partial charge in [-0.1, -0.05) is 5.16 Å². The van der Waals surface area contributed by atoms with Crippen LogP contribution in [0.3, 0.4) is 0 Å². The highest BCUT2D eigenvalue weighted by molar-refractivity contribution is 5.95. The molecule has 0 saturated heterocycles. The molecule has 1 aromatic heterocycles. The van der Waals surface area contributed by atoms with Crippen LogP contribution in [0.15, 0.2) is 22.7 Å². The predicted molar refractivity (Wildman–Crippen MR) is 70.9 cm³/mol. The average Bonchev–Trinajstić information content (AvgIpc) is 2.81. The van der Waals surface area contributed by atoms with E-state index in [4.69, 9.17) is 4.52 Å². The van der Waals surface area contributed by atoms with Crippen LogP contribution in [0.4, 0.5) is 5.69 Å². The van der Waals surface area contributed by atoms with Crippen molar-refractivity contribution in [2.24, 2.45) is 0 Å². The summed E-state index contributed by atoms with van der Waals surface area (Å²) in [6, 6.07) is 5.57. The molecule has 1 aromatic carbocycles. The van der Waals surface area contributed by atoms with Gasteiger partial charge >= 0.3 is 0 Å². The van der Waals surface area contributed by atoms with Gasteiger partial charge in [-0.2, -0.15) is 4.98 Å². The molecule has 1 amide bonds. The number of anilines is 1. The van der Waals surface area contributed by atoms with Crippen LogP contribution in [0.25, 0.3) is 0 Å². The molecule has 0 fully saturated rings. The number of hydrogen-bond acceptors (Lipinski definition) is 5. The molecule has 2 N–H and O–H groups in total. The summed E-state index contributed by atoms with van der Waals surface area (Å²) < 4.78 is 4.93. The van der Waals surface area contributed by atoms with E-state index in [1.165, 1.54) is 0 Å². The lowest BCUT2D eigenvalue weighted by Gasteiger charge is -2.08. The molecular weight excluding hydrogens is 244 g/mol. The van der Waals surface area contributed by atoms with Gasteiger partial charge in [0.2, 0.25) is 5.89 Å². The number of aryl methyl sites for hydroxylation is 2. The number of rotatable bonds is 4. The van der Waals surface area contributed by atoms with E-state index < -0.39 is 0 Å². The largest absolute Gasteiger partial charge is 0.388 e. The summed E-state index contributed by atoms with van der Waals surface area (Å²) in [5, 5.41) is 9.44. The minimum absolute atomic E-state index is 0.156. The van der Waals surface area contributed by atoms with E-state index >= 15 is 0 Å². The van der Waals surface area contributed by atoms with Crippen LogP contribution in [0.1, 0.15) is 27.6 Å². The summed E-state index contributed by atoms with van der Waals surface area (Å²) in [6.07, 6.45) is 0. The number of amides is 1. The van der Waals surface area contributed by atoms with Gasteiger partial charge < -0.3 is 15.2 Å². The molecule has 0 atom stereocenters. The summed E-state index contributed by atoms with van der Waals surface area (Å²) in [6.45, 7) is 3.86. The van der Waals surface area contributed by atoms with Crippen LogP contribution in [0, 0.1) is 13.8 Å². The Hall–Kier alpha value is -2.37. The quantitative estimate of drug-likeness (QED) is 0.873. The Morgan fingerprint density at radius 2 is 2.16 bits per heavy atom. The van der Waals surface area contributed by atoms with E-state index in [0.717, 1.165) is 11.3 Å². The lowest BCUT2D eigenvalue weighted by Crippen LogP contribution is -2.23. The first-order valence-electron chi connectivity index (χ1n) is 5.96. The standard InChI is InChI=1S/C13H16N4O2/c1-8-6-10(14-3)4-5-11(8)13(18)15-7-12-16-9(2)17-19-12/h4-6,14H,7H2,1-3H3,(H,15,18). The number of nitrogens with one attached hydrogen (secondary N) is 2. The SMILES string of the molecule is CNc1ccc(C(=O)NCc2nc(C)no2)c(C)c1. The topological polar surface area (TPSA) is 80.0 Å².